The molecule has 0 aromatic carbocycles. The zero-order valence-electron chi connectivity index (χ0n) is 10.7. The van der Waals surface area contributed by atoms with E-state index in [1.165, 1.54) is 12.8 Å². The molecule has 1 aromatic rings. The fourth-order valence-corrected chi connectivity index (χ4v) is 2.40. The first-order chi connectivity index (χ1) is 8.74. The number of rotatable bonds is 4. The topological polar surface area (TPSA) is 79.1 Å². The fourth-order valence-electron chi connectivity index (χ4n) is 2.40. The van der Waals surface area contributed by atoms with Crippen LogP contribution in [0.25, 0.3) is 0 Å². The third-order valence-corrected chi connectivity index (χ3v) is 3.58. The summed E-state index contributed by atoms with van der Waals surface area (Å²) in [6.07, 6.45) is 3.55. The van der Waals surface area contributed by atoms with Crippen LogP contribution in [-0.4, -0.2) is 41.0 Å². The lowest BCUT2D eigenvalue weighted by Gasteiger charge is -2.15. The number of likely N-dealkylation sites (tertiary alicyclic amines) is 1. The van der Waals surface area contributed by atoms with Crippen molar-refractivity contribution in [3.8, 4) is 0 Å². The second-order valence-electron chi connectivity index (χ2n) is 5.31. The predicted octanol–water partition coefficient (Wildman–Crippen LogP) is 0.756. The van der Waals surface area contributed by atoms with Gasteiger partial charge in [-0.15, -0.1) is 0 Å². The molecule has 0 radical (unpaired) electrons. The van der Waals surface area contributed by atoms with Crippen LogP contribution in [0.5, 0.6) is 0 Å². The second-order valence-corrected chi connectivity index (χ2v) is 5.31. The number of aromatic nitrogens is 2. The molecule has 3 rings (SSSR count). The highest BCUT2D eigenvalue weighted by Gasteiger charge is 2.28. The second kappa shape index (κ2) is 4.70. The summed E-state index contributed by atoms with van der Waals surface area (Å²) in [4.78, 5) is 11.3. The Labute approximate surface area is 107 Å². The van der Waals surface area contributed by atoms with Crippen LogP contribution in [0.4, 0.5) is 11.6 Å². The van der Waals surface area contributed by atoms with E-state index in [0.717, 1.165) is 31.2 Å². The van der Waals surface area contributed by atoms with Crippen molar-refractivity contribution in [3.63, 3.8) is 0 Å². The van der Waals surface area contributed by atoms with E-state index in [0.29, 0.717) is 17.8 Å². The third-order valence-electron chi connectivity index (χ3n) is 3.58. The molecular weight excluding hydrogens is 228 g/mol. The number of nitrogen functional groups attached to an aromatic ring is 1. The van der Waals surface area contributed by atoms with Crippen molar-refractivity contribution < 1.29 is 0 Å². The molecule has 18 heavy (non-hydrogen) atoms. The van der Waals surface area contributed by atoms with Gasteiger partial charge in [0.15, 0.2) is 0 Å². The van der Waals surface area contributed by atoms with Crippen molar-refractivity contribution in [1.29, 1.82) is 0 Å². The van der Waals surface area contributed by atoms with Crippen molar-refractivity contribution >= 4 is 11.6 Å². The molecule has 6 nitrogen and oxygen atoms in total. The first-order valence-corrected chi connectivity index (χ1v) is 6.55. The molecule has 1 unspecified atom stereocenters. The summed E-state index contributed by atoms with van der Waals surface area (Å²) in [6.45, 7) is 2.20. The zero-order chi connectivity index (χ0) is 12.5. The van der Waals surface area contributed by atoms with Crippen LogP contribution in [0.3, 0.4) is 0 Å². The van der Waals surface area contributed by atoms with Gasteiger partial charge in [-0.3, -0.25) is 0 Å². The smallest absolute Gasteiger partial charge is 0.145 e. The largest absolute Gasteiger partial charge is 0.366 e. The summed E-state index contributed by atoms with van der Waals surface area (Å²) in [7, 11) is 2.14. The van der Waals surface area contributed by atoms with Gasteiger partial charge in [0.25, 0.3) is 0 Å². The lowest BCUT2D eigenvalue weighted by molar-refractivity contribution is 0.414. The molecule has 0 bridgehead atoms. The molecule has 4 N–H and O–H groups in total. The maximum Gasteiger partial charge on any atom is 0.145 e. The average Bonchev–Trinajstić information content (AvgIpc) is 3.14. The van der Waals surface area contributed by atoms with Crippen molar-refractivity contribution in [1.82, 2.24) is 14.9 Å². The average molecular weight is 248 g/mol. The Morgan fingerprint density at radius 2 is 2.06 bits per heavy atom. The van der Waals surface area contributed by atoms with Gasteiger partial charge in [-0.05, 0) is 32.9 Å². The molecular formula is C12H20N6. The third kappa shape index (κ3) is 2.54. The van der Waals surface area contributed by atoms with E-state index in [-0.39, 0.29) is 0 Å². The minimum atomic E-state index is 0.475. The van der Waals surface area contributed by atoms with Gasteiger partial charge in [0.1, 0.15) is 17.5 Å². The highest BCUT2D eigenvalue weighted by Crippen LogP contribution is 2.38. The molecule has 0 amide bonds. The molecule has 1 aromatic heterocycles. The summed E-state index contributed by atoms with van der Waals surface area (Å²) in [6, 6.07) is 2.35. The number of nitrogens with zero attached hydrogens (tertiary/aromatic N) is 3. The molecule has 1 saturated heterocycles. The SMILES string of the molecule is CN1CCC(Nc2cc(NN)nc(C3CC3)n2)C1. The summed E-state index contributed by atoms with van der Waals surface area (Å²) in [5, 5.41) is 3.48. The lowest BCUT2D eigenvalue weighted by Crippen LogP contribution is -2.24. The van der Waals surface area contributed by atoms with Gasteiger partial charge in [0, 0.05) is 24.6 Å². The highest BCUT2D eigenvalue weighted by molar-refractivity contribution is 5.48. The van der Waals surface area contributed by atoms with Gasteiger partial charge in [-0.25, -0.2) is 15.8 Å². The number of likely N-dealkylation sites (N-methyl/N-ethyl adjacent to an activating group) is 1. The van der Waals surface area contributed by atoms with Crippen LogP contribution >= 0.6 is 0 Å². The van der Waals surface area contributed by atoms with Gasteiger partial charge in [0.2, 0.25) is 0 Å². The molecule has 1 aliphatic carbocycles. The Morgan fingerprint density at radius 1 is 1.28 bits per heavy atom. The van der Waals surface area contributed by atoms with E-state index in [4.69, 9.17) is 5.84 Å². The quantitative estimate of drug-likeness (QED) is 0.539. The van der Waals surface area contributed by atoms with E-state index < -0.39 is 0 Å². The number of nitrogens with one attached hydrogen (secondary N) is 2. The minimum absolute atomic E-state index is 0.475. The van der Waals surface area contributed by atoms with Crippen LogP contribution in [-0.2, 0) is 0 Å². The number of anilines is 2. The number of hydrazine groups is 1. The van der Waals surface area contributed by atoms with E-state index in [9.17, 15) is 0 Å². The summed E-state index contributed by atoms with van der Waals surface area (Å²) < 4.78 is 0. The van der Waals surface area contributed by atoms with Gasteiger partial charge in [-0.2, -0.15) is 0 Å². The van der Waals surface area contributed by atoms with Gasteiger partial charge < -0.3 is 15.6 Å². The molecule has 0 spiro atoms. The van der Waals surface area contributed by atoms with Crippen LogP contribution in [0, 0.1) is 0 Å². The maximum absolute atomic E-state index is 5.46. The molecule has 1 atom stereocenters. The van der Waals surface area contributed by atoms with E-state index >= 15 is 0 Å². The molecule has 1 aliphatic heterocycles. The van der Waals surface area contributed by atoms with Gasteiger partial charge >= 0.3 is 0 Å². The number of hydrogen-bond donors (Lipinski definition) is 3. The van der Waals surface area contributed by atoms with Crippen LogP contribution in [0.1, 0.15) is 31.0 Å². The van der Waals surface area contributed by atoms with Crippen LogP contribution in [0.2, 0.25) is 0 Å². The fraction of sp³-hybridized carbons (Fsp3) is 0.667. The van der Waals surface area contributed by atoms with Crippen molar-refractivity contribution in [2.24, 2.45) is 5.84 Å². The first-order valence-electron chi connectivity index (χ1n) is 6.55. The first kappa shape index (κ1) is 11.7. The molecule has 2 aliphatic rings. The van der Waals surface area contributed by atoms with E-state index in [1.54, 1.807) is 0 Å². The van der Waals surface area contributed by atoms with E-state index in [1.807, 2.05) is 6.07 Å². The number of nitrogens with two attached hydrogens (primary N) is 1. The summed E-state index contributed by atoms with van der Waals surface area (Å²) in [5.41, 5.74) is 2.62. The van der Waals surface area contributed by atoms with Crippen molar-refractivity contribution in [2.45, 2.75) is 31.2 Å². The molecule has 6 heteroatoms. The van der Waals surface area contributed by atoms with Gasteiger partial charge in [-0.1, -0.05) is 0 Å². The standard InChI is InChI=1S/C12H20N6/c1-18-5-4-9(7-18)14-10-6-11(17-13)16-12(15-10)8-2-3-8/h6,8-9H,2-5,7,13H2,1H3,(H2,14,15,16,17). The Hall–Kier alpha value is -1.40. The Balaban J connectivity index is 1.75. The molecule has 1 saturated carbocycles. The summed E-state index contributed by atoms with van der Waals surface area (Å²) >= 11 is 0. The Morgan fingerprint density at radius 3 is 2.67 bits per heavy atom. The minimum Gasteiger partial charge on any atom is -0.366 e. The Kier molecular flexibility index (Phi) is 3.05. The lowest BCUT2D eigenvalue weighted by atomic mass is 10.2. The Bertz CT molecular complexity index is 431. The zero-order valence-corrected chi connectivity index (χ0v) is 10.7. The van der Waals surface area contributed by atoms with Crippen molar-refractivity contribution in [3.05, 3.63) is 11.9 Å². The molecule has 2 fully saturated rings. The number of hydrogen-bond acceptors (Lipinski definition) is 6. The van der Waals surface area contributed by atoms with Gasteiger partial charge in [0.05, 0.1) is 0 Å². The normalized spacial score (nSPS) is 24.2. The van der Waals surface area contributed by atoms with Crippen LogP contribution in [0.15, 0.2) is 6.07 Å². The van der Waals surface area contributed by atoms with E-state index in [2.05, 4.69) is 32.7 Å². The molecule has 2 heterocycles. The maximum atomic E-state index is 5.46. The van der Waals surface area contributed by atoms with Crippen molar-refractivity contribution in [2.75, 3.05) is 30.9 Å². The monoisotopic (exact) mass is 248 g/mol. The van der Waals surface area contributed by atoms with Crippen LogP contribution < -0.4 is 16.6 Å². The highest BCUT2D eigenvalue weighted by atomic mass is 15.3. The summed E-state index contributed by atoms with van der Waals surface area (Å²) in [5.74, 6) is 8.49. The predicted molar refractivity (Wildman–Crippen MR) is 71.3 cm³/mol. The molecule has 98 valence electrons.